The fourth-order valence-corrected chi connectivity index (χ4v) is 1.82. The summed E-state index contributed by atoms with van der Waals surface area (Å²) < 4.78 is 11.1. The highest BCUT2D eigenvalue weighted by Crippen LogP contribution is 2.28. The molecule has 2 atom stereocenters. The Labute approximate surface area is 86.2 Å². The zero-order chi connectivity index (χ0) is 9.80. The molecule has 0 aromatic rings. The highest BCUT2D eigenvalue weighted by atomic mass is 16.7. The van der Waals surface area contributed by atoms with Crippen LogP contribution < -0.4 is 5.32 Å². The van der Waals surface area contributed by atoms with Gasteiger partial charge in [0.1, 0.15) is 6.79 Å². The van der Waals surface area contributed by atoms with Gasteiger partial charge in [-0.05, 0) is 37.6 Å². The molecule has 1 saturated heterocycles. The van der Waals surface area contributed by atoms with Gasteiger partial charge in [0.2, 0.25) is 0 Å². The quantitative estimate of drug-likeness (QED) is 0.536. The lowest BCUT2D eigenvalue weighted by molar-refractivity contribution is -0.111. The molecule has 0 spiro atoms. The van der Waals surface area contributed by atoms with E-state index in [1.165, 1.54) is 19.3 Å². The molecule has 1 aliphatic carbocycles. The standard InChI is InChI=1S/C11H21NO2/c1-9-4-5-12-6-11(9)14-8-13-7-10-2-3-10/h9-12H,2-8H2,1H3. The van der Waals surface area contributed by atoms with Gasteiger partial charge in [-0.2, -0.15) is 0 Å². The molecule has 2 fully saturated rings. The van der Waals surface area contributed by atoms with Crippen LogP contribution in [0.2, 0.25) is 0 Å². The van der Waals surface area contributed by atoms with Crippen molar-refractivity contribution in [1.82, 2.24) is 5.32 Å². The average molecular weight is 199 g/mol. The fourth-order valence-electron chi connectivity index (χ4n) is 1.82. The molecule has 0 bridgehead atoms. The summed E-state index contributed by atoms with van der Waals surface area (Å²) in [6.45, 7) is 5.74. The van der Waals surface area contributed by atoms with Gasteiger partial charge in [-0.1, -0.05) is 6.92 Å². The third-order valence-electron chi connectivity index (χ3n) is 3.17. The second-order valence-electron chi connectivity index (χ2n) is 4.61. The minimum absolute atomic E-state index is 0.350. The minimum Gasteiger partial charge on any atom is -0.355 e. The Kier molecular flexibility index (Phi) is 3.79. The number of nitrogens with one attached hydrogen (secondary N) is 1. The van der Waals surface area contributed by atoms with Crippen LogP contribution in [-0.2, 0) is 9.47 Å². The molecular weight excluding hydrogens is 178 g/mol. The number of hydrogen-bond donors (Lipinski definition) is 1. The lowest BCUT2D eigenvalue weighted by Gasteiger charge is -2.29. The van der Waals surface area contributed by atoms with Crippen molar-refractivity contribution in [2.75, 3.05) is 26.5 Å². The highest BCUT2D eigenvalue weighted by molar-refractivity contribution is 4.75. The van der Waals surface area contributed by atoms with Crippen molar-refractivity contribution in [1.29, 1.82) is 0 Å². The van der Waals surface area contributed by atoms with Gasteiger partial charge >= 0.3 is 0 Å². The van der Waals surface area contributed by atoms with Gasteiger partial charge in [0, 0.05) is 6.54 Å². The largest absolute Gasteiger partial charge is 0.355 e. The minimum atomic E-state index is 0.350. The van der Waals surface area contributed by atoms with Crippen LogP contribution in [0, 0.1) is 11.8 Å². The Hall–Kier alpha value is -0.120. The first kappa shape index (κ1) is 10.4. The maximum atomic E-state index is 5.69. The number of piperidine rings is 1. The molecule has 2 aliphatic rings. The van der Waals surface area contributed by atoms with Gasteiger partial charge in [-0.15, -0.1) is 0 Å². The maximum Gasteiger partial charge on any atom is 0.147 e. The lowest BCUT2D eigenvalue weighted by atomic mass is 9.97. The highest BCUT2D eigenvalue weighted by Gasteiger charge is 2.23. The molecule has 1 aliphatic heterocycles. The third kappa shape index (κ3) is 3.23. The molecule has 2 rings (SSSR count). The monoisotopic (exact) mass is 199 g/mol. The number of ether oxygens (including phenoxy) is 2. The van der Waals surface area contributed by atoms with Crippen LogP contribution in [0.1, 0.15) is 26.2 Å². The van der Waals surface area contributed by atoms with E-state index < -0.39 is 0 Å². The third-order valence-corrected chi connectivity index (χ3v) is 3.17. The summed E-state index contributed by atoms with van der Waals surface area (Å²) in [5, 5.41) is 3.35. The molecule has 3 heteroatoms. The zero-order valence-corrected chi connectivity index (χ0v) is 9.00. The molecule has 1 saturated carbocycles. The van der Waals surface area contributed by atoms with Gasteiger partial charge in [0.05, 0.1) is 12.7 Å². The SMILES string of the molecule is CC1CCNCC1OCOCC1CC1. The molecule has 0 amide bonds. The Balaban J connectivity index is 1.53. The molecule has 14 heavy (non-hydrogen) atoms. The van der Waals surface area contributed by atoms with Crippen LogP contribution in [0.4, 0.5) is 0 Å². The van der Waals surface area contributed by atoms with Crippen LogP contribution in [0.15, 0.2) is 0 Å². The van der Waals surface area contributed by atoms with Crippen molar-refractivity contribution in [3.05, 3.63) is 0 Å². The Bertz CT molecular complexity index is 171. The van der Waals surface area contributed by atoms with Crippen molar-refractivity contribution in [2.24, 2.45) is 11.8 Å². The van der Waals surface area contributed by atoms with Gasteiger partial charge in [-0.3, -0.25) is 0 Å². The van der Waals surface area contributed by atoms with Crippen molar-refractivity contribution in [3.63, 3.8) is 0 Å². The Morgan fingerprint density at radius 1 is 1.29 bits per heavy atom. The number of rotatable bonds is 5. The van der Waals surface area contributed by atoms with E-state index in [0.29, 0.717) is 18.8 Å². The van der Waals surface area contributed by atoms with Crippen LogP contribution in [0.5, 0.6) is 0 Å². The molecule has 82 valence electrons. The first-order valence-corrected chi connectivity index (χ1v) is 5.76. The van der Waals surface area contributed by atoms with Gasteiger partial charge in [0.25, 0.3) is 0 Å². The topological polar surface area (TPSA) is 30.5 Å². The van der Waals surface area contributed by atoms with Crippen molar-refractivity contribution >= 4 is 0 Å². The van der Waals surface area contributed by atoms with Crippen LogP contribution in [0.25, 0.3) is 0 Å². The van der Waals surface area contributed by atoms with E-state index in [-0.39, 0.29) is 0 Å². The van der Waals surface area contributed by atoms with E-state index in [4.69, 9.17) is 9.47 Å². The summed E-state index contributed by atoms with van der Waals surface area (Å²) >= 11 is 0. The molecule has 2 unspecified atom stereocenters. The second-order valence-corrected chi connectivity index (χ2v) is 4.61. The van der Waals surface area contributed by atoms with Crippen LogP contribution >= 0.6 is 0 Å². The average Bonchev–Trinajstić information content (AvgIpc) is 2.99. The van der Waals surface area contributed by atoms with E-state index in [1.807, 2.05) is 0 Å². The van der Waals surface area contributed by atoms with Crippen LogP contribution in [-0.4, -0.2) is 32.6 Å². The molecule has 0 aromatic carbocycles. The zero-order valence-electron chi connectivity index (χ0n) is 9.00. The van der Waals surface area contributed by atoms with Crippen LogP contribution in [0.3, 0.4) is 0 Å². The summed E-state index contributed by atoms with van der Waals surface area (Å²) in [7, 11) is 0. The summed E-state index contributed by atoms with van der Waals surface area (Å²) in [6, 6.07) is 0. The molecule has 0 aromatic heterocycles. The lowest BCUT2D eigenvalue weighted by Crippen LogP contribution is -2.41. The van der Waals surface area contributed by atoms with E-state index in [1.54, 1.807) is 0 Å². The van der Waals surface area contributed by atoms with E-state index >= 15 is 0 Å². The Morgan fingerprint density at radius 2 is 2.14 bits per heavy atom. The first-order valence-electron chi connectivity index (χ1n) is 5.76. The van der Waals surface area contributed by atoms with Gasteiger partial charge in [0.15, 0.2) is 0 Å². The maximum absolute atomic E-state index is 5.69. The number of hydrogen-bond acceptors (Lipinski definition) is 3. The smallest absolute Gasteiger partial charge is 0.147 e. The first-order chi connectivity index (χ1) is 6.86. The predicted molar refractivity (Wildman–Crippen MR) is 55.1 cm³/mol. The van der Waals surface area contributed by atoms with E-state index in [2.05, 4.69) is 12.2 Å². The van der Waals surface area contributed by atoms with Crippen molar-refractivity contribution in [2.45, 2.75) is 32.3 Å². The van der Waals surface area contributed by atoms with Crippen molar-refractivity contribution in [3.8, 4) is 0 Å². The molecule has 1 heterocycles. The fraction of sp³-hybridized carbons (Fsp3) is 1.00. The molecule has 1 N–H and O–H groups in total. The van der Waals surface area contributed by atoms with Gasteiger partial charge in [-0.25, -0.2) is 0 Å². The van der Waals surface area contributed by atoms with Crippen molar-refractivity contribution < 1.29 is 9.47 Å². The molecular formula is C11H21NO2. The Morgan fingerprint density at radius 3 is 2.86 bits per heavy atom. The van der Waals surface area contributed by atoms with E-state index in [9.17, 15) is 0 Å². The molecule has 3 nitrogen and oxygen atoms in total. The summed E-state index contributed by atoms with van der Waals surface area (Å²) in [5.41, 5.74) is 0. The van der Waals surface area contributed by atoms with Gasteiger partial charge < -0.3 is 14.8 Å². The molecule has 0 radical (unpaired) electrons. The van der Waals surface area contributed by atoms with E-state index in [0.717, 1.165) is 25.6 Å². The normalized spacial score (nSPS) is 33.2. The second kappa shape index (κ2) is 5.10. The predicted octanol–water partition coefficient (Wildman–Crippen LogP) is 1.39. The summed E-state index contributed by atoms with van der Waals surface area (Å²) in [5.74, 6) is 1.50. The summed E-state index contributed by atoms with van der Waals surface area (Å²) in [4.78, 5) is 0. The summed E-state index contributed by atoms with van der Waals surface area (Å²) in [6.07, 6.45) is 4.26.